The molecular formula is C8H5NO4. The lowest BCUT2D eigenvalue weighted by molar-refractivity contribution is -0.384. The highest BCUT2D eigenvalue weighted by molar-refractivity contribution is 5.88. The lowest BCUT2D eigenvalue weighted by atomic mass is 10.1. The van der Waals surface area contributed by atoms with Crippen LogP contribution < -0.4 is 0 Å². The molecule has 5 heteroatoms. The first-order chi connectivity index (χ1) is 6.18. The first kappa shape index (κ1) is 7.72. The summed E-state index contributed by atoms with van der Waals surface area (Å²) in [7, 11) is 0. The van der Waals surface area contributed by atoms with Crippen molar-refractivity contribution in [2.75, 3.05) is 0 Å². The van der Waals surface area contributed by atoms with Crippen molar-refractivity contribution in [3.8, 4) is 0 Å². The van der Waals surface area contributed by atoms with E-state index >= 15 is 0 Å². The molecule has 1 aliphatic heterocycles. The highest BCUT2D eigenvalue weighted by atomic mass is 16.6. The first-order valence-electron chi connectivity index (χ1n) is 3.63. The molecular weight excluding hydrogens is 174 g/mol. The van der Waals surface area contributed by atoms with E-state index in [0.29, 0.717) is 5.56 Å². The Bertz CT molecular complexity index is 370. The number of ether oxygens (including phenoxy) is 1. The molecule has 0 radical (unpaired) electrons. The van der Waals surface area contributed by atoms with Crippen LogP contribution in [0.25, 0.3) is 0 Å². The van der Waals surface area contributed by atoms with Crippen LogP contribution in [0.1, 0.15) is 11.7 Å². The van der Waals surface area contributed by atoms with Crippen molar-refractivity contribution in [3.05, 3.63) is 39.9 Å². The van der Waals surface area contributed by atoms with E-state index in [-0.39, 0.29) is 11.7 Å². The molecule has 13 heavy (non-hydrogen) atoms. The van der Waals surface area contributed by atoms with Gasteiger partial charge in [-0.2, -0.15) is 0 Å². The Morgan fingerprint density at radius 1 is 1.31 bits per heavy atom. The summed E-state index contributed by atoms with van der Waals surface area (Å²) in [6.45, 7) is 0. The highest BCUT2D eigenvalue weighted by Crippen LogP contribution is 2.32. The summed E-state index contributed by atoms with van der Waals surface area (Å²) in [5, 5.41) is 10.3. The van der Waals surface area contributed by atoms with Gasteiger partial charge in [-0.05, 0) is 12.1 Å². The number of nitro benzene ring substituents is 1. The largest absolute Gasteiger partial charge is 0.442 e. The fourth-order valence-electron chi connectivity index (χ4n) is 1.06. The van der Waals surface area contributed by atoms with Crippen LogP contribution in [-0.2, 0) is 9.53 Å². The van der Waals surface area contributed by atoms with E-state index in [0.717, 1.165) is 0 Å². The summed E-state index contributed by atoms with van der Waals surface area (Å²) in [4.78, 5) is 20.3. The topological polar surface area (TPSA) is 72.7 Å². The van der Waals surface area contributed by atoms with Crippen molar-refractivity contribution in [2.24, 2.45) is 0 Å². The molecule has 0 spiro atoms. The van der Waals surface area contributed by atoms with Crippen molar-refractivity contribution in [1.82, 2.24) is 0 Å². The van der Waals surface area contributed by atoms with Crippen LogP contribution >= 0.6 is 0 Å². The average molecular weight is 179 g/mol. The van der Waals surface area contributed by atoms with E-state index < -0.39 is 11.0 Å². The van der Waals surface area contributed by atoms with E-state index in [1.165, 1.54) is 24.3 Å². The zero-order valence-electron chi connectivity index (χ0n) is 6.47. The number of benzene rings is 1. The number of epoxide rings is 1. The summed E-state index contributed by atoms with van der Waals surface area (Å²) in [6.07, 6.45) is -0.499. The first-order valence-corrected chi connectivity index (χ1v) is 3.63. The maximum absolute atomic E-state index is 10.5. The number of non-ortho nitro benzene ring substituents is 1. The molecule has 1 heterocycles. The molecule has 1 unspecified atom stereocenters. The number of carbonyl (C=O) groups excluding carboxylic acids is 1. The Hall–Kier alpha value is -1.91. The second-order valence-corrected chi connectivity index (χ2v) is 2.67. The fraction of sp³-hybridized carbons (Fsp3) is 0.125. The molecule has 1 fully saturated rings. The lowest BCUT2D eigenvalue weighted by Gasteiger charge is -1.92. The third-order valence-corrected chi connectivity index (χ3v) is 1.80. The standard InChI is InChI=1S/C8H5NO4/c10-8-7(13-8)5-1-3-6(4-2-5)9(11)12/h1-4,7H. The van der Waals surface area contributed by atoms with Crippen LogP contribution in [0.4, 0.5) is 5.69 Å². The van der Waals surface area contributed by atoms with Crippen LogP contribution in [0.15, 0.2) is 24.3 Å². The fourth-order valence-corrected chi connectivity index (χ4v) is 1.06. The Morgan fingerprint density at radius 2 is 1.85 bits per heavy atom. The van der Waals surface area contributed by atoms with Crippen LogP contribution in [0.3, 0.4) is 0 Å². The Labute approximate surface area is 73.1 Å². The second kappa shape index (κ2) is 2.55. The van der Waals surface area contributed by atoms with Gasteiger partial charge in [0.2, 0.25) is 6.10 Å². The minimum absolute atomic E-state index is 0.0110. The van der Waals surface area contributed by atoms with Gasteiger partial charge in [0.05, 0.1) is 4.92 Å². The van der Waals surface area contributed by atoms with Crippen LogP contribution in [-0.4, -0.2) is 10.9 Å². The Kier molecular flexibility index (Phi) is 1.51. The molecule has 2 rings (SSSR count). The minimum Gasteiger partial charge on any atom is -0.442 e. The van der Waals surface area contributed by atoms with Gasteiger partial charge < -0.3 is 4.74 Å². The van der Waals surface area contributed by atoms with Gasteiger partial charge in [0, 0.05) is 17.7 Å². The Morgan fingerprint density at radius 3 is 2.23 bits per heavy atom. The van der Waals surface area contributed by atoms with Crippen molar-refractivity contribution in [2.45, 2.75) is 6.10 Å². The van der Waals surface area contributed by atoms with Gasteiger partial charge in [-0.3, -0.25) is 10.1 Å². The molecule has 0 aliphatic carbocycles. The van der Waals surface area contributed by atoms with Gasteiger partial charge in [-0.25, -0.2) is 4.79 Å². The maximum Gasteiger partial charge on any atom is 0.353 e. The number of nitro groups is 1. The van der Waals surface area contributed by atoms with Gasteiger partial charge in [-0.1, -0.05) is 0 Å². The number of rotatable bonds is 2. The molecule has 0 bridgehead atoms. The van der Waals surface area contributed by atoms with Crippen molar-refractivity contribution < 1.29 is 14.5 Å². The van der Waals surface area contributed by atoms with Gasteiger partial charge >= 0.3 is 5.97 Å². The molecule has 1 atom stereocenters. The monoisotopic (exact) mass is 179 g/mol. The van der Waals surface area contributed by atoms with Gasteiger partial charge in [0.25, 0.3) is 5.69 Å². The third kappa shape index (κ3) is 1.35. The molecule has 66 valence electrons. The number of hydrogen-bond donors (Lipinski definition) is 0. The molecule has 1 aromatic rings. The predicted octanol–water partition coefficient (Wildman–Crippen LogP) is 1.19. The summed E-state index contributed by atoms with van der Waals surface area (Å²) >= 11 is 0. The van der Waals surface area contributed by atoms with Crippen LogP contribution in [0.2, 0.25) is 0 Å². The third-order valence-electron chi connectivity index (χ3n) is 1.80. The normalized spacial score (nSPS) is 19.4. The summed E-state index contributed by atoms with van der Waals surface area (Å²) in [5.74, 6) is -0.283. The number of carbonyl (C=O) groups is 1. The van der Waals surface area contributed by atoms with Crippen molar-refractivity contribution in [3.63, 3.8) is 0 Å². The zero-order valence-corrected chi connectivity index (χ0v) is 6.47. The number of cyclic esters (lactones) is 1. The molecule has 0 N–H and O–H groups in total. The molecule has 1 aliphatic rings. The van der Waals surface area contributed by atoms with E-state index in [1.54, 1.807) is 0 Å². The maximum atomic E-state index is 10.5. The van der Waals surface area contributed by atoms with E-state index in [1.807, 2.05) is 0 Å². The number of hydrogen-bond acceptors (Lipinski definition) is 4. The van der Waals surface area contributed by atoms with Crippen LogP contribution in [0.5, 0.6) is 0 Å². The van der Waals surface area contributed by atoms with E-state index in [4.69, 9.17) is 0 Å². The summed E-state index contributed by atoms with van der Waals surface area (Å²) < 4.78 is 4.59. The molecule has 5 nitrogen and oxygen atoms in total. The molecule has 0 amide bonds. The Balaban J connectivity index is 2.24. The highest BCUT2D eigenvalue weighted by Gasteiger charge is 2.39. The van der Waals surface area contributed by atoms with Gasteiger partial charge in [0.15, 0.2) is 0 Å². The van der Waals surface area contributed by atoms with Gasteiger partial charge in [-0.15, -0.1) is 0 Å². The van der Waals surface area contributed by atoms with Crippen molar-refractivity contribution >= 4 is 11.7 Å². The van der Waals surface area contributed by atoms with Crippen LogP contribution in [0, 0.1) is 10.1 Å². The zero-order chi connectivity index (χ0) is 9.42. The average Bonchev–Trinajstić information content (AvgIpc) is 2.83. The molecule has 1 saturated heterocycles. The van der Waals surface area contributed by atoms with E-state index in [2.05, 4.69) is 4.74 Å². The molecule has 0 aromatic heterocycles. The lowest BCUT2D eigenvalue weighted by Crippen LogP contribution is -1.88. The smallest absolute Gasteiger partial charge is 0.353 e. The SMILES string of the molecule is O=C1OC1c1ccc([N+](=O)[O-])cc1. The van der Waals surface area contributed by atoms with Crippen molar-refractivity contribution in [1.29, 1.82) is 0 Å². The second-order valence-electron chi connectivity index (χ2n) is 2.67. The summed E-state index contributed by atoms with van der Waals surface area (Å²) in [5.41, 5.74) is 0.674. The van der Waals surface area contributed by atoms with E-state index in [9.17, 15) is 14.9 Å². The van der Waals surface area contributed by atoms with Gasteiger partial charge in [0.1, 0.15) is 0 Å². The predicted molar refractivity (Wildman–Crippen MR) is 41.9 cm³/mol. The quantitative estimate of drug-likeness (QED) is 0.388. The molecule has 1 aromatic carbocycles. The molecule has 0 saturated carbocycles. The minimum atomic E-state index is -0.499. The summed E-state index contributed by atoms with van der Waals surface area (Å²) in [6, 6.07) is 5.75. The number of nitrogens with zero attached hydrogens (tertiary/aromatic N) is 1.